The number of aliphatic carboxylic acids is 1. The topological polar surface area (TPSA) is 101 Å². The van der Waals surface area contributed by atoms with Gasteiger partial charge in [0, 0.05) is 44.4 Å². The molecule has 7 heteroatoms. The first-order chi connectivity index (χ1) is 17.4. The molecule has 0 fully saturated rings. The third-order valence-electron chi connectivity index (χ3n) is 6.68. The molecule has 0 bridgehead atoms. The molecule has 3 aromatic rings. The fraction of sp³-hybridized carbons (Fsp3) is 0.379. The lowest BCUT2D eigenvalue weighted by Crippen LogP contribution is -2.25. The van der Waals surface area contributed by atoms with E-state index in [-0.39, 0.29) is 12.3 Å². The fourth-order valence-corrected chi connectivity index (χ4v) is 4.65. The van der Waals surface area contributed by atoms with Crippen molar-refractivity contribution < 1.29 is 14.6 Å². The molecule has 0 radical (unpaired) electrons. The number of hydrogen-bond donors (Lipinski definition) is 3. The number of pyridine rings is 1. The number of carboxylic acids is 1. The summed E-state index contributed by atoms with van der Waals surface area (Å²) in [6, 6.07) is 12.2. The summed E-state index contributed by atoms with van der Waals surface area (Å²) in [6.45, 7) is 11.0. The van der Waals surface area contributed by atoms with Gasteiger partial charge < -0.3 is 20.9 Å². The van der Waals surface area contributed by atoms with Crippen LogP contribution < -0.4 is 15.8 Å². The SMILES string of the molecule is CC.CNc1ccc(C(CC(=O)O)c2ccc(C)c(CN3CCOc4cnccc4C3)c2)c(C)c1N. The van der Waals surface area contributed by atoms with E-state index in [1.54, 1.807) is 12.4 Å². The maximum absolute atomic E-state index is 11.8. The Morgan fingerprint density at radius 3 is 2.72 bits per heavy atom. The Morgan fingerprint density at radius 2 is 2.00 bits per heavy atom. The molecule has 1 aliphatic rings. The number of fused-ring (bicyclic) bond motifs is 1. The van der Waals surface area contributed by atoms with Crippen LogP contribution in [-0.4, -0.2) is 41.2 Å². The number of hydrogen-bond acceptors (Lipinski definition) is 6. The second kappa shape index (κ2) is 12.4. The zero-order valence-corrected chi connectivity index (χ0v) is 22.0. The fourth-order valence-electron chi connectivity index (χ4n) is 4.65. The summed E-state index contributed by atoms with van der Waals surface area (Å²) in [5.41, 5.74) is 14.2. The number of benzene rings is 2. The van der Waals surface area contributed by atoms with Crippen LogP contribution in [0.15, 0.2) is 48.8 Å². The zero-order valence-electron chi connectivity index (χ0n) is 22.0. The van der Waals surface area contributed by atoms with Gasteiger partial charge in [0.05, 0.1) is 24.0 Å². The second-order valence-electron chi connectivity index (χ2n) is 8.87. The molecule has 4 rings (SSSR count). The largest absolute Gasteiger partial charge is 0.490 e. The quantitative estimate of drug-likeness (QED) is 0.384. The molecular weight excluding hydrogens is 452 g/mol. The average Bonchev–Trinajstić information content (AvgIpc) is 3.08. The third-order valence-corrected chi connectivity index (χ3v) is 6.68. The Kier molecular flexibility index (Phi) is 9.31. The van der Waals surface area contributed by atoms with Gasteiger partial charge in [-0.15, -0.1) is 0 Å². The molecule has 1 aromatic heterocycles. The van der Waals surface area contributed by atoms with Gasteiger partial charge in [-0.2, -0.15) is 0 Å². The molecule has 0 saturated heterocycles. The molecule has 1 atom stereocenters. The van der Waals surface area contributed by atoms with Crippen molar-refractivity contribution in [2.75, 3.05) is 31.2 Å². The lowest BCUT2D eigenvalue weighted by Gasteiger charge is -2.24. The first-order valence-electron chi connectivity index (χ1n) is 12.5. The molecular formula is C29H38N4O3. The predicted octanol–water partition coefficient (Wildman–Crippen LogP) is 5.35. The van der Waals surface area contributed by atoms with Crippen molar-refractivity contribution in [3.05, 3.63) is 82.2 Å². The van der Waals surface area contributed by atoms with Gasteiger partial charge in [-0.25, -0.2) is 0 Å². The Balaban J connectivity index is 0.00000176. The molecule has 2 heterocycles. The smallest absolute Gasteiger partial charge is 0.304 e. The Hall–Kier alpha value is -3.58. The number of aryl methyl sites for hydroxylation is 1. The summed E-state index contributed by atoms with van der Waals surface area (Å²) in [5, 5.41) is 12.8. The molecule has 0 saturated carbocycles. The minimum Gasteiger partial charge on any atom is -0.490 e. The molecule has 4 N–H and O–H groups in total. The van der Waals surface area contributed by atoms with Crippen molar-refractivity contribution in [2.24, 2.45) is 0 Å². The zero-order chi connectivity index (χ0) is 26.2. The highest BCUT2D eigenvalue weighted by molar-refractivity contribution is 5.74. The van der Waals surface area contributed by atoms with Crippen LogP contribution in [0.4, 0.5) is 11.4 Å². The summed E-state index contributed by atoms with van der Waals surface area (Å²) in [4.78, 5) is 18.4. The van der Waals surface area contributed by atoms with Crippen LogP contribution in [0.2, 0.25) is 0 Å². The molecule has 36 heavy (non-hydrogen) atoms. The van der Waals surface area contributed by atoms with E-state index in [0.717, 1.165) is 53.3 Å². The highest BCUT2D eigenvalue weighted by Gasteiger charge is 2.23. The van der Waals surface area contributed by atoms with Crippen LogP contribution in [0.3, 0.4) is 0 Å². The molecule has 7 nitrogen and oxygen atoms in total. The lowest BCUT2D eigenvalue weighted by molar-refractivity contribution is -0.137. The lowest BCUT2D eigenvalue weighted by atomic mass is 9.84. The van der Waals surface area contributed by atoms with Crippen LogP contribution in [-0.2, 0) is 17.9 Å². The van der Waals surface area contributed by atoms with Gasteiger partial charge in [0.2, 0.25) is 0 Å². The maximum atomic E-state index is 11.8. The first kappa shape index (κ1) is 27.0. The molecule has 192 valence electrons. The van der Waals surface area contributed by atoms with Crippen molar-refractivity contribution >= 4 is 17.3 Å². The van der Waals surface area contributed by atoms with Gasteiger partial charge in [-0.05, 0) is 53.8 Å². The van der Waals surface area contributed by atoms with Gasteiger partial charge in [0.25, 0.3) is 0 Å². The Labute approximate surface area is 214 Å². The highest BCUT2D eigenvalue weighted by Crippen LogP contribution is 2.36. The van der Waals surface area contributed by atoms with Crippen molar-refractivity contribution in [3.8, 4) is 5.75 Å². The number of nitrogens with zero attached hydrogens (tertiary/aromatic N) is 2. The van der Waals surface area contributed by atoms with E-state index in [9.17, 15) is 9.90 Å². The van der Waals surface area contributed by atoms with Crippen LogP contribution in [0, 0.1) is 13.8 Å². The van der Waals surface area contributed by atoms with Crippen LogP contribution in [0.5, 0.6) is 5.75 Å². The minimum atomic E-state index is -0.835. The number of ether oxygens (including phenoxy) is 1. The van der Waals surface area contributed by atoms with Crippen LogP contribution in [0.1, 0.15) is 59.6 Å². The average molecular weight is 491 g/mol. The van der Waals surface area contributed by atoms with Crippen molar-refractivity contribution in [1.29, 1.82) is 0 Å². The number of aromatic nitrogens is 1. The number of nitrogens with one attached hydrogen (secondary N) is 1. The molecule has 0 spiro atoms. The molecule has 0 amide bonds. The summed E-state index contributed by atoms with van der Waals surface area (Å²) in [6.07, 6.45) is 3.57. The van der Waals surface area contributed by atoms with E-state index in [0.29, 0.717) is 12.3 Å². The molecule has 2 aromatic carbocycles. The highest BCUT2D eigenvalue weighted by atomic mass is 16.5. The van der Waals surface area contributed by atoms with E-state index >= 15 is 0 Å². The van der Waals surface area contributed by atoms with E-state index in [4.69, 9.17) is 10.5 Å². The van der Waals surface area contributed by atoms with Crippen LogP contribution in [0.25, 0.3) is 0 Å². The summed E-state index contributed by atoms with van der Waals surface area (Å²) >= 11 is 0. The van der Waals surface area contributed by atoms with Gasteiger partial charge in [-0.1, -0.05) is 38.1 Å². The van der Waals surface area contributed by atoms with Crippen molar-refractivity contribution in [3.63, 3.8) is 0 Å². The van der Waals surface area contributed by atoms with Gasteiger partial charge >= 0.3 is 5.97 Å². The summed E-state index contributed by atoms with van der Waals surface area (Å²) in [5.74, 6) is -0.280. The van der Waals surface area contributed by atoms with E-state index in [1.807, 2.05) is 52.1 Å². The number of carboxylic acid groups (broad SMARTS) is 1. The van der Waals surface area contributed by atoms with Crippen molar-refractivity contribution in [2.45, 2.75) is 53.1 Å². The number of rotatable bonds is 7. The van der Waals surface area contributed by atoms with Gasteiger partial charge in [0.15, 0.2) is 0 Å². The summed E-state index contributed by atoms with van der Waals surface area (Å²) < 4.78 is 5.87. The van der Waals surface area contributed by atoms with Crippen LogP contribution >= 0.6 is 0 Å². The van der Waals surface area contributed by atoms with Crippen molar-refractivity contribution in [1.82, 2.24) is 9.88 Å². The standard InChI is InChI=1S/C27H32N4O3.C2H6/c1-17-4-5-19(23(13-26(32)33)22-6-7-24(29-3)27(28)18(22)2)12-21(17)16-31-10-11-34-25-14-30-9-8-20(25)15-31;1-2/h4-9,12,14,23,29H,10-11,13,15-16,28H2,1-3H3,(H,32,33);1-2H3. The third kappa shape index (κ3) is 6.15. The minimum absolute atomic E-state index is 0.000386. The number of anilines is 2. The predicted molar refractivity (Wildman–Crippen MR) is 146 cm³/mol. The molecule has 0 aliphatic carbocycles. The normalized spacial score (nSPS) is 13.9. The Morgan fingerprint density at radius 1 is 1.22 bits per heavy atom. The Bertz CT molecular complexity index is 1200. The maximum Gasteiger partial charge on any atom is 0.304 e. The molecule has 1 unspecified atom stereocenters. The summed E-state index contributed by atoms with van der Waals surface area (Å²) in [7, 11) is 1.83. The number of nitrogens with two attached hydrogens (primary N) is 1. The van der Waals surface area contributed by atoms with E-state index in [1.165, 1.54) is 11.1 Å². The molecule has 1 aliphatic heterocycles. The second-order valence-corrected chi connectivity index (χ2v) is 8.87. The number of nitrogen functional groups attached to an aromatic ring is 1. The first-order valence-corrected chi connectivity index (χ1v) is 12.5. The number of carbonyl (C=O) groups is 1. The van der Waals surface area contributed by atoms with Gasteiger partial charge in [-0.3, -0.25) is 14.7 Å². The van der Waals surface area contributed by atoms with E-state index in [2.05, 4.69) is 34.3 Å². The van der Waals surface area contributed by atoms with E-state index < -0.39 is 5.97 Å². The van der Waals surface area contributed by atoms with Gasteiger partial charge in [0.1, 0.15) is 12.4 Å². The monoisotopic (exact) mass is 490 g/mol.